The van der Waals surface area contributed by atoms with Gasteiger partial charge in [0, 0.05) is 35.8 Å². The number of carbonyl (C=O) groups is 4. The molecule has 2 N–H and O–H groups in total. The summed E-state index contributed by atoms with van der Waals surface area (Å²) in [5.74, 6) is -0.484. The van der Waals surface area contributed by atoms with E-state index in [1.165, 1.54) is 76.6 Å². The second-order valence-electron chi connectivity index (χ2n) is 11.4. The molecule has 0 saturated carbocycles. The summed E-state index contributed by atoms with van der Waals surface area (Å²) in [7, 11) is -4.97. The maximum atomic E-state index is 12.3. The summed E-state index contributed by atoms with van der Waals surface area (Å²) in [6.07, 6.45) is 3.92. The van der Waals surface area contributed by atoms with Crippen molar-refractivity contribution in [1.82, 2.24) is 0 Å². The lowest BCUT2D eigenvalue weighted by molar-refractivity contribution is -0.134. The lowest BCUT2D eigenvalue weighted by Crippen LogP contribution is -2.11. The molecule has 0 unspecified atom stereocenters. The molecule has 0 aliphatic carbocycles. The van der Waals surface area contributed by atoms with E-state index in [1.54, 1.807) is 24.3 Å². The second-order valence-corrected chi connectivity index (χ2v) is 15.5. The van der Waals surface area contributed by atoms with Crippen molar-refractivity contribution in [2.24, 2.45) is 0 Å². The average molecular weight is 829 g/mol. The standard InChI is InChI=1S/C21H24O6S2.C11H10O5.C7H6O3.2CH4/c1-16-5-6-18(13-17(16)2)9-11-28(22,23)15-29(24,25)12-10-19-7-8-20(26-3)21(14-19)27-4;1-7(13)15-10-4-3-9(6-12)5-11(10)16-8(2)14;8-4-5-1-2-6(9)7(10)3-5;;/h5-14H,15H2,1-4H3;3-6H,1-2H3;1-4,9-10H;2*1H4/b11-9+,12-10+;;;;. The van der Waals surface area contributed by atoms with Crippen molar-refractivity contribution in [3.8, 4) is 34.5 Å². The Labute approximate surface area is 333 Å². The molecule has 0 fully saturated rings. The number of hydrogen-bond acceptors (Lipinski definition) is 14. The summed E-state index contributed by atoms with van der Waals surface area (Å²) in [6, 6.07) is 18.4. The SMILES string of the molecule is C.C.CC(=O)Oc1ccc(C=O)cc1OC(C)=O.COc1ccc(/C=C/S(=O)(=O)CS(=O)(=O)/C=C/c2ccc(C)c(C)c2)cc1OC.O=Cc1ccc(O)c(O)c1. The summed E-state index contributed by atoms with van der Waals surface area (Å²) in [6.45, 7) is 6.32. The molecule has 0 saturated heterocycles. The summed E-state index contributed by atoms with van der Waals surface area (Å²) in [5, 5.41) is 18.4. The van der Waals surface area contributed by atoms with Crippen LogP contribution in [0.4, 0.5) is 0 Å². The average Bonchev–Trinajstić information content (AvgIpc) is 3.12. The predicted molar refractivity (Wildman–Crippen MR) is 219 cm³/mol. The number of rotatable bonds is 12. The van der Waals surface area contributed by atoms with Gasteiger partial charge in [0.1, 0.15) is 12.6 Å². The molecular weight excluding hydrogens is 781 g/mol. The highest BCUT2D eigenvalue weighted by atomic mass is 32.3. The fraction of sp³-hybridized carbons (Fsp3) is 0.220. The minimum Gasteiger partial charge on any atom is -0.504 e. The van der Waals surface area contributed by atoms with Gasteiger partial charge in [-0.3, -0.25) is 19.2 Å². The van der Waals surface area contributed by atoms with Crippen LogP contribution in [-0.2, 0) is 29.3 Å². The molecule has 0 aromatic heterocycles. The minimum atomic E-state index is -3.98. The highest BCUT2D eigenvalue weighted by Crippen LogP contribution is 2.29. The molecule has 0 radical (unpaired) electrons. The number of ether oxygens (including phenoxy) is 4. The van der Waals surface area contributed by atoms with Crippen LogP contribution in [0.3, 0.4) is 0 Å². The number of phenols is 2. The quantitative estimate of drug-likeness (QED) is 0.0622. The lowest BCUT2D eigenvalue weighted by atomic mass is 10.1. The van der Waals surface area contributed by atoms with Crippen molar-refractivity contribution >= 4 is 56.3 Å². The lowest BCUT2D eigenvalue weighted by Gasteiger charge is -2.08. The highest BCUT2D eigenvalue weighted by Gasteiger charge is 2.18. The second kappa shape index (κ2) is 23.6. The van der Waals surface area contributed by atoms with Gasteiger partial charge in [-0.1, -0.05) is 39.1 Å². The van der Waals surface area contributed by atoms with Crippen molar-refractivity contribution in [2.75, 3.05) is 19.3 Å². The van der Waals surface area contributed by atoms with Gasteiger partial charge in [-0.15, -0.1) is 0 Å². The van der Waals surface area contributed by atoms with Gasteiger partial charge in [-0.25, -0.2) is 16.8 Å². The van der Waals surface area contributed by atoms with Crippen LogP contribution in [0, 0.1) is 13.8 Å². The first kappa shape index (κ1) is 50.7. The summed E-state index contributed by atoms with van der Waals surface area (Å²) >= 11 is 0. The van der Waals surface area contributed by atoms with Crippen LogP contribution in [0.1, 0.15) is 71.7 Å². The molecule has 0 heterocycles. The molecule has 14 nitrogen and oxygen atoms in total. The molecule has 0 aliphatic heterocycles. The van der Waals surface area contributed by atoms with Gasteiger partial charge in [0.2, 0.25) is 0 Å². The third kappa shape index (κ3) is 17.8. The fourth-order valence-electron chi connectivity index (χ4n) is 4.18. The minimum absolute atomic E-state index is 0. The van der Waals surface area contributed by atoms with E-state index in [9.17, 15) is 36.0 Å². The maximum Gasteiger partial charge on any atom is 0.308 e. The number of aryl methyl sites for hydroxylation is 2. The fourth-order valence-corrected chi connectivity index (χ4v) is 7.37. The number of phenolic OH excluding ortho intramolecular Hbond substituents is 2. The molecule has 4 aromatic carbocycles. The Hall–Kier alpha value is -6.26. The Bertz CT molecular complexity index is 2290. The predicted octanol–water partition coefficient (Wildman–Crippen LogP) is 7.28. The number of aldehydes is 2. The summed E-state index contributed by atoms with van der Waals surface area (Å²) in [4.78, 5) is 42.2. The number of hydrogen-bond donors (Lipinski definition) is 2. The van der Waals surface area contributed by atoms with Crippen molar-refractivity contribution < 1.29 is 65.2 Å². The zero-order valence-corrected chi connectivity index (χ0v) is 32.3. The number of methoxy groups -OCH3 is 2. The first-order chi connectivity index (χ1) is 25.8. The van der Waals surface area contributed by atoms with Gasteiger partial charge in [-0.05, 0) is 96.8 Å². The van der Waals surface area contributed by atoms with Gasteiger partial charge in [0.25, 0.3) is 0 Å². The molecule has 0 aliphatic rings. The van der Waals surface area contributed by atoms with E-state index in [2.05, 4.69) is 0 Å². The zero-order valence-electron chi connectivity index (χ0n) is 30.7. The van der Waals surface area contributed by atoms with Crippen molar-refractivity contribution in [3.63, 3.8) is 0 Å². The topological polar surface area (TPSA) is 214 Å². The number of benzene rings is 4. The van der Waals surface area contributed by atoms with Gasteiger partial charge in [0.15, 0.2) is 59.3 Å². The summed E-state index contributed by atoms with van der Waals surface area (Å²) in [5.41, 5.74) is 4.01. The third-order valence-electron chi connectivity index (χ3n) is 6.95. The molecule has 0 atom stereocenters. The normalized spacial score (nSPS) is 10.6. The zero-order chi connectivity index (χ0) is 41.3. The Kier molecular flexibility index (Phi) is 21.0. The van der Waals surface area contributed by atoms with Crippen molar-refractivity contribution in [2.45, 2.75) is 42.5 Å². The van der Waals surface area contributed by atoms with E-state index in [4.69, 9.17) is 29.2 Å². The van der Waals surface area contributed by atoms with E-state index in [0.29, 0.717) is 46.3 Å². The van der Waals surface area contributed by atoms with Crippen LogP contribution in [0.2, 0.25) is 0 Å². The van der Waals surface area contributed by atoms with Crippen LogP contribution >= 0.6 is 0 Å². The Balaban J connectivity index is 0.000000938. The molecule has 0 spiro atoms. The highest BCUT2D eigenvalue weighted by molar-refractivity contribution is 8.10. The van der Waals surface area contributed by atoms with E-state index in [-0.39, 0.29) is 37.9 Å². The molecule has 308 valence electrons. The van der Waals surface area contributed by atoms with Gasteiger partial charge >= 0.3 is 11.9 Å². The number of esters is 2. The van der Waals surface area contributed by atoms with Crippen LogP contribution in [0.25, 0.3) is 12.2 Å². The molecule has 4 rings (SSSR count). The van der Waals surface area contributed by atoms with Crippen molar-refractivity contribution in [3.05, 3.63) is 117 Å². The molecule has 4 aromatic rings. The Morgan fingerprint density at radius 2 is 1.00 bits per heavy atom. The Morgan fingerprint density at radius 3 is 1.49 bits per heavy atom. The summed E-state index contributed by atoms with van der Waals surface area (Å²) < 4.78 is 68.9. The van der Waals surface area contributed by atoms with Crippen LogP contribution < -0.4 is 18.9 Å². The van der Waals surface area contributed by atoms with Crippen LogP contribution in [-0.4, -0.2) is 70.9 Å². The first-order valence-electron chi connectivity index (χ1n) is 15.9. The Morgan fingerprint density at radius 1 is 0.561 bits per heavy atom. The van der Waals surface area contributed by atoms with E-state index in [1.807, 2.05) is 26.0 Å². The number of carbonyl (C=O) groups excluding carboxylic acids is 4. The van der Waals surface area contributed by atoms with Crippen LogP contribution in [0.15, 0.2) is 83.6 Å². The van der Waals surface area contributed by atoms with Gasteiger partial charge in [-0.2, -0.15) is 0 Å². The van der Waals surface area contributed by atoms with Gasteiger partial charge < -0.3 is 29.2 Å². The van der Waals surface area contributed by atoms with E-state index in [0.717, 1.165) is 21.9 Å². The number of sulfone groups is 2. The molecule has 0 bridgehead atoms. The third-order valence-corrected chi connectivity index (χ3v) is 10.7. The first-order valence-corrected chi connectivity index (χ1v) is 19.3. The van der Waals surface area contributed by atoms with Crippen molar-refractivity contribution in [1.29, 1.82) is 0 Å². The monoisotopic (exact) mass is 828 g/mol. The smallest absolute Gasteiger partial charge is 0.308 e. The molecule has 57 heavy (non-hydrogen) atoms. The molecular formula is C41H48O14S2. The number of aromatic hydroxyl groups is 2. The molecule has 16 heteroatoms. The van der Waals surface area contributed by atoms with E-state index < -0.39 is 36.7 Å². The van der Waals surface area contributed by atoms with Gasteiger partial charge in [0.05, 0.1) is 14.2 Å². The maximum absolute atomic E-state index is 12.3. The van der Waals surface area contributed by atoms with E-state index >= 15 is 0 Å². The molecule has 0 amide bonds. The van der Waals surface area contributed by atoms with Crippen LogP contribution in [0.5, 0.6) is 34.5 Å². The largest absolute Gasteiger partial charge is 0.504 e.